The fourth-order valence-electron chi connectivity index (χ4n) is 3.54. The van der Waals surface area contributed by atoms with E-state index in [2.05, 4.69) is 42.3 Å². The van der Waals surface area contributed by atoms with Crippen molar-refractivity contribution < 1.29 is 9.59 Å². The zero-order valence-corrected chi connectivity index (χ0v) is 18.3. The fraction of sp³-hybridized carbons (Fsp3) is 0.364. The summed E-state index contributed by atoms with van der Waals surface area (Å²) in [6.07, 6.45) is 0. The molecular weight excluding hydrogens is 409 g/mol. The number of hydrogen-bond acceptors (Lipinski definition) is 3. The number of nitrogens with zero attached hydrogens (tertiary/aromatic N) is 2. The van der Waals surface area contributed by atoms with E-state index >= 15 is 0 Å². The van der Waals surface area contributed by atoms with Crippen molar-refractivity contribution in [2.24, 2.45) is 0 Å². The van der Waals surface area contributed by atoms with Gasteiger partial charge >= 0.3 is 0 Å². The Balaban J connectivity index is 1.59. The first-order chi connectivity index (χ1) is 13.8. The monoisotopic (exact) mass is 433 g/mol. The lowest BCUT2D eigenvalue weighted by Crippen LogP contribution is -2.54. The molecule has 1 aliphatic heterocycles. The lowest BCUT2D eigenvalue weighted by atomic mass is 10.1. The first kappa shape index (κ1) is 21.5. The van der Waals surface area contributed by atoms with Crippen LogP contribution in [0.3, 0.4) is 0 Å². The normalized spacial score (nSPS) is 15.2. The number of halogens is 2. The number of amides is 2. The minimum absolute atomic E-state index is 0.0999. The highest BCUT2D eigenvalue weighted by Crippen LogP contribution is 2.26. The summed E-state index contributed by atoms with van der Waals surface area (Å²) in [6, 6.07) is 10.5. The molecule has 1 unspecified atom stereocenters. The quantitative estimate of drug-likeness (QED) is 0.789. The van der Waals surface area contributed by atoms with Gasteiger partial charge < -0.3 is 15.1 Å². The summed E-state index contributed by atoms with van der Waals surface area (Å²) in [7, 11) is 0. The lowest BCUT2D eigenvalue weighted by molar-refractivity contribution is -0.133. The number of carbonyl (C=O) groups excluding carboxylic acids is 2. The second-order valence-electron chi connectivity index (χ2n) is 7.33. The first-order valence-electron chi connectivity index (χ1n) is 9.64. The molecule has 29 heavy (non-hydrogen) atoms. The Morgan fingerprint density at radius 3 is 2.34 bits per heavy atom. The molecule has 1 saturated heterocycles. The van der Waals surface area contributed by atoms with Gasteiger partial charge in [-0.15, -0.1) is 0 Å². The van der Waals surface area contributed by atoms with E-state index in [1.54, 1.807) is 30.0 Å². The summed E-state index contributed by atoms with van der Waals surface area (Å²) in [5.41, 5.74) is 4.01. The van der Waals surface area contributed by atoms with Crippen molar-refractivity contribution in [1.82, 2.24) is 10.2 Å². The second kappa shape index (κ2) is 9.06. The van der Waals surface area contributed by atoms with Gasteiger partial charge in [-0.1, -0.05) is 41.4 Å². The van der Waals surface area contributed by atoms with E-state index in [1.807, 2.05) is 0 Å². The van der Waals surface area contributed by atoms with Crippen LogP contribution in [0, 0.1) is 13.8 Å². The topological polar surface area (TPSA) is 52.6 Å². The lowest BCUT2D eigenvalue weighted by Gasteiger charge is -2.38. The van der Waals surface area contributed by atoms with Crippen molar-refractivity contribution in [1.29, 1.82) is 0 Å². The maximum absolute atomic E-state index is 12.8. The molecule has 1 heterocycles. The molecule has 5 nitrogen and oxygen atoms in total. The molecule has 7 heteroatoms. The van der Waals surface area contributed by atoms with Gasteiger partial charge in [-0.05, 0) is 50.1 Å². The third-order valence-corrected chi connectivity index (χ3v) is 6.24. The SMILES string of the molecule is Cc1cccc(N2CCN(C(=O)C(C)NC(=O)c3cccc(Cl)c3Cl)CC2)c1C. The Labute approximate surface area is 181 Å². The summed E-state index contributed by atoms with van der Waals surface area (Å²) >= 11 is 12.1. The number of benzene rings is 2. The van der Waals surface area contributed by atoms with Gasteiger partial charge in [0.05, 0.1) is 15.6 Å². The molecule has 0 spiro atoms. The van der Waals surface area contributed by atoms with Crippen LogP contribution in [0.1, 0.15) is 28.4 Å². The predicted molar refractivity (Wildman–Crippen MR) is 118 cm³/mol. The van der Waals surface area contributed by atoms with Gasteiger partial charge in [0.15, 0.2) is 0 Å². The molecule has 1 fully saturated rings. The molecule has 2 aromatic rings. The van der Waals surface area contributed by atoms with E-state index in [1.165, 1.54) is 16.8 Å². The van der Waals surface area contributed by atoms with Crippen molar-refractivity contribution in [2.75, 3.05) is 31.1 Å². The van der Waals surface area contributed by atoms with Gasteiger partial charge in [-0.25, -0.2) is 0 Å². The standard InChI is InChI=1S/C22H25Cl2N3O2/c1-14-6-4-9-19(15(14)2)26-10-12-27(13-11-26)22(29)16(3)25-21(28)17-7-5-8-18(23)20(17)24/h4-9,16H,10-13H2,1-3H3,(H,25,28). The van der Waals surface area contributed by atoms with Gasteiger partial charge in [-0.2, -0.15) is 0 Å². The molecule has 0 aliphatic carbocycles. The summed E-state index contributed by atoms with van der Waals surface area (Å²) < 4.78 is 0. The fourth-order valence-corrected chi connectivity index (χ4v) is 3.92. The minimum atomic E-state index is -0.648. The Bertz CT molecular complexity index is 924. The molecule has 2 amide bonds. The number of carbonyl (C=O) groups is 2. The first-order valence-corrected chi connectivity index (χ1v) is 10.4. The van der Waals surface area contributed by atoms with E-state index in [9.17, 15) is 9.59 Å². The van der Waals surface area contributed by atoms with Crippen LogP contribution in [0.2, 0.25) is 10.0 Å². The molecule has 0 aromatic heterocycles. The van der Waals surface area contributed by atoms with Crippen molar-refractivity contribution in [3.05, 3.63) is 63.1 Å². The van der Waals surface area contributed by atoms with Crippen molar-refractivity contribution in [3.63, 3.8) is 0 Å². The summed E-state index contributed by atoms with van der Waals surface area (Å²) in [6.45, 7) is 8.67. The number of rotatable bonds is 4. The average molecular weight is 434 g/mol. The molecule has 0 bridgehead atoms. The van der Waals surface area contributed by atoms with Gasteiger partial charge in [0.1, 0.15) is 6.04 Å². The van der Waals surface area contributed by atoms with Crippen LogP contribution in [0.4, 0.5) is 5.69 Å². The number of hydrogen-bond donors (Lipinski definition) is 1. The van der Waals surface area contributed by atoms with Crippen LogP contribution in [0.15, 0.2) is 36.4 Å². The van der Waals surface area contributed by atoms with Crippen LogP contribution in [0.25, 0.3) is 0 Å². The molecule has 1 atom stereocenters. The number of anilines is 1. The highest BCUT2D eigenvalue weighted by Gasteiger charge is 2.27. The summed E-state index contributed by atoms with van der Waals surface area (Å²) in [5.74, 6) is -0.510. The van der Waals surface area contributed by atoms with Crippen molar-refractivity contribution >= 4 is 40.7 Å². The summed E-state index contributed by atoms with van der Waals surface area (Å²) in [5, 5.41) is 3.23. The maximum Gasteiger partial charge on any atom is 0.253 e. The van der Waals surface area contributed by atoms with Gasteiger partial charge in [-0.3, -0.25) is 9.59 Å². The van der Waals surface area contributed by atoms with Crippen LogP contribution in [-0.2, 0) is 4.79 Å². The zero-order chi connectivity index (χ0) is 21.1. The molecule has 0 radical (unpaired) electrons. The third-order valence-electron chi connectivity index (χ3n) is 5.42. The molecule has 2 aromatic carbocycles. The Morgan fingerprint density at radius 2 is 1.66 bits per heavy atom. The predicted octanol–water partition coefficient (Wildman–Crippen LogP) is 4.08. The summed E-state index contributed by atoms with van der Waals surface area (Å²) in [4.78, 5) is 29.4. The highest BCUT2D eigenvalue weighted by atomic mass is 35.5. The molecule has 1 N–H and O–H groups in total. The smallest absolute Gasteiger partial charge is 0.253 e. The van der Waals surface area contributed by atoms with E-state index in [-0.39, 0.29) is 16.5 Å². The molecular formula is C22H25Cl2N3O2. The number of nitrogens with one attached hydrogen (secondary N) is 1. The minimum Gasteiger partial charge on any atom is -0.368 e. The van der Waals surface area contributed by atoms with Gasteiger partial charge in [0.2, 0.25) is 5.91 Å². The third kappa shape index (κ3) is 4.68. The average Bonchev–Trinajstić information content (AvgIpc) is 2.71. The van der Waals surface area contributed by atoms with E-state index in [4.69, 9.17) is 23.2 Å². The maximum atomic E-state index is 12.8. The molecule has 0 saturated carbocycles. The van der Waals surface area contributed by atoms with Gasteiger partial charge in [0.25, 0.3) is 5.91 Å². The Kier molecular flexibility index (Phi) is 6.70. The molecule has 1 aliphatic rings. The number of aryl methyl sites for hydroxylation is 1. The Morgan fingerprint density at radius 1 is 1.00 bits per heavy atom. The van der Waals surface area contributed by atoms with Crippen molar-refractivity contribution in [3.8, 4) is 0 Å². The van der Waals surface area contributed by atoms with Crippen LogP contribution >= 0.6 is 23.2 Å². The molecule has 154 valence electrons. The van der Waals surface area contributed by atoms with E-state index < -0.39 is 11.9 Å². The number of piperazine rings is 1. The van der Waals surface area contributed by atoms with Crippen LogP contribution in [0.5, 0.6) is 0 Å². The van der Waals surface area contributed by atoms with Gasteiger partial charge in [0, 0.05) is 31.9 Å². The van der Waals surface area contributed by atoms with E-state index in [0.29, 0.717) is 18.1 Å². The van der Waals surface area contributed by atoms with E-state index in [0.717, 1.165) is 13.1 Å². The van der Waals surface area contributed by atoms with Crippen LogP contribution in [-0.4, -0.2) is 48.9 Å². The van der Waals surface area contributed by atoms with Crippen LogP contribution < -0.4 is 10.2 Å². The zero-order valence-electron chi connectivity index (χ0n) is 16.8. The Hall–Kier alpha value is -2.24. The molecule has 3 rings (SSSR count). The highest BCUT2D eigenvalue weighted by molar-refractivity contribution is 6.43. The van der Waals surface area contributed by atoms with Crippen molar-refractivity contribution in [2.45, 2.75) is 26.8 Å². The largest absolute Gasteiger partial charge is 0.368 e. The second-order valence-corrected chi connectivity index (χ2v) is 8.11.